The van der Waals surface area contributed by atoms with Crippen molar-refractivity contribution in [2.24, 2.45) is 0 Å². The van der Waals surface area contributed by atoms with Gasteiger partial charge in [-0.05, 0) is 18.1 Å². The Hall–Kier alpha value is -1.29. The molecular formula is C12H14F2O2. The van der Waals surface area contributed by atoms with Gasteiger partial charge in [0.1, 0.15) is 17.7 Å². The van der Waals surface area contributed by atoms with E-state index in [0.717, 1.165) is 12.1 Å². The quantitative estimate of drug-likeness (QED) is 0.839. The van der Waals surface area contributed by atoms with Gasteiger partial charge in [-0.25, -0.2) is 8.78 Å². The van der Waals surface area contributed by atoms with E-state index >= 15 is 0 Å². The molecule has 1 N–H and O–H groups in total. The molecule has 0 saturated heterocycles. The highest BCUT2D eigenvalue weighted by molar-refractivity contribution is 5.84. The number of hydrogen-bond donors (Lipinski definition) is 1. The van der Waals surface area contributed by atoms with Crippen LogP contribution in [0.25, 0.3) is 0 Å². The standard InChI is InChI=1S/C12H14F2O2/c1-2-3-11(15)12(16)6-8-4-5-9(13)7-10(8)14/h4-5,7,11,15H,2-3,6H2,1H3. The highest BCUT2D eigenvalue weighted by Crippen LogP contribution is 2.12. The van der Waals surface area contributed by atoms with Crippen molar-refractivity contribution in [1.82, 2.24) is 0 Å². The molecule has 1 rings (SSSR count). The fraction of sp³-hybridized carbons (Fsp3) is 0.417. The summed E-state index contributed by atoms with van der Waals surface area (Å²) in [5.41, 5.74) is 0.113. The molecule has 0 fully saturated rings. The van der Waals surface area contributed by atoms with Crippen LogP contribution in [-0.2, 0) is 11.2 Å². The maximum absolute atomic E-state index is 13.2. The molecule has 0 bridgehead atoms. The van der Waals surface area contributed by atoms with Crippen molar-refractivity contribution in [3.8, 4) is 0 Å². The van der Waals surface area contributed by atoms with E-state index in [-0.39, 0.29) is 12.0 Å². The van der Waals surface area contributed by atoms with Crippen LogP contribution in [-0.4, -0.2) is 17.0 Å². The molecule has 0 aromatic heterocycles. The van der Waals surface area contributed by atoms with Gasteiger partial charge in [0.05, 0.1) is 0 Å². The van der Waals surface area contributed by atoms with E-state index in [9.17, 15) is 18.7 Å². The minimum absolute atomic E-state index is 0.113. The number of carbonyl (C=O) groups excluding carboxylic acids is 1. The fourth-order valence-electron chi connectivity index (χ4n) is 1.40. The highest BCUT2D eigenvalue weighted by Gasteiger charge is 2.16. The molecule has 1 unspecified atom stereocenters. The third-order valence-corrected chi connectivity index (χ3v) is 2.31. The second-order valence-corrected chi connectivity index (χ2v) is 3.68. The first-order valence-electron chi connectivity index (χ1n) is 5.19. The second kappa shape index (κ2) is 5.70. The Bertz CT molecular complexity index is 377. The van der Waals surface area contributed by atoms with Crippen molar-refractivity contribution < 1.29 is 18.7 Å². The van der Waals surface area contributed by atoms with Gasteiger partial charge in [0.2, 0.25) is 0 Å². The molecule has 16 heavy (non-hydrogen) atoms. The van der Waals surface area contributed by atoms with Crippen molar-refractivity contribution >= 4 is 5.78 Å². The minimum atomic E-state index is -1.06. The maximum atomic E-state index is 13.2. The Morgan fingerprint density at radius 3 is 2.69 bits per heavy atom. The molecule has 0 amide bonds. The van der Waals surface area contributed by atoms with Crippen LogP contribution >= 0.6 is 0 Å². The predicted octanol–water partition coefficient (Wildman–Crippen LogP) is 2.24. The van der Waals surface area contributed by atoms with E-state index in [0.29, 0.717) is 12.8 Å². The third-order valence-electron chi connectivity index (χ3n) is 2.31. The van der Waals surface area contributed by atoms with Gasteiger partial charge in [-0.15, -0.1) is 0 Å². The Balaban J connectivity index is 2.69. The van der Waals surface area contributed by atoms with Crippen LogP contribution in [0.1, 0.15) is 25.3 Å². The van der Waals surface area contributed by atoms with Crippen LogP contribution in [0.4, 0.5) is 8.78 Å². The topological polar surface area (TPSA) is 37.3 Å². The predicted molar refractivity (Wildman–Crippen MR) is 56.0 cm³/mol. The normalized spacial score (nSPS) is 12.5. The molecule has 2 nitrogen and oxygen atoms in total. The zero-order valence-electron chi connectivity index (χ0n) is 9.04. The number of Topliss-reactive ketones (excluding diaryl/α,β-unsaturated/α-hetero) is 1. The zero-order valence-corrected chi connectivity index (χ0v) is 9.04. The summed E-state index contributed by atoms with van der Waals surface area (Å²) < 4.78 is 25.8. The van der Waals surface area contributed by atoms with Gasteiger partial charge in [0.25, 0.3) is 0 Å². The number of hydrogen-bond acceptors (Lipinski definition) is 2. The summed E-state index contributed by atoms with van der Waals surface area (Å²) in [6.45, 7) is 1.84. The van der Waals surface area contributed by atoms with Gasteiger partial charge in [0, 0.05) is 12.5 Å². The first-order chi connectivity index (χ1) is 7.54. The van der Waals surface area contributed by atoms with Crippen LogP contribution in [0, 0.1) is 11.6 Å². The van der Waals surface area contributed by atoms with E-state index in [4.69, 9.17) is 0 Å². The van der Waals surface area contributed by atoms with E-state index < -0.39 is 23.5 Å². The van der Waals surface area contributed by atoms with E-state index in [1.165, 1.54) is 6.07 Å². The largest absolute Gasteiger partial charge is 0.385 e. The van der Waals surface area contributed by atoms with Crippen molar-refractivity contribution in [2.75, 3.05) is 0 Å². The van der Waals surface area contributed by atoms with Crippen LogP contribution < -0.4 is 0 Å². The molecule has 88 valence electrons. The summed E-state index contributed by atoms with van der Waals surface area (Å²) in [6.07, 6.45) is -0.220. The number of benzene rings is 1. The van der Waals surface area contributed by atoms with Gasteiger partial charge in [0.15, 0.2) is 5.78 Å². The van der Waals surface area contributed by atoms with Crippen molar-refractivity contribution in [3.05, 3.63) is 35.4 Å². The van der Waals surface area contributed by atoms with Crippen LogP contribution in [0.5, 0.6) is 0 Å². The number of rotatable bonds is 5. The number of aliphatic hydroxyl groups excluding tert-OH is 1. The lowest BCUT2D eigenvalue weighted by atomic mass is 10.0. The molecule has 0 saturated carbocycles. The zero-order chi connectivity index (χ0) is 12.1. The first kappa shape index (κ1) is 12.8. The van der Waals surface area contributed by atoms with Gasteiger partial charge in [-0.3, -0.25) is 4.79 Å². The molecule has 1 atom stereocenters. The molecule has 4 heteroatoms. The molecule has 0 heterocycles. The monoisotopic (exact) mass is 228 g/mol. The maximum Gasteiger partial charge on any atom is 0.165 e. The summed E-state index contributed by atoms with van der Waals surface area (Å²) in [7, 11) is 0. The van der Waals surface area contributed by atoms with Crippen molar-refractivity contribution in [2.45, 2.75) is 32.3 Å². The number of carbonyl (C=O) groups is 1. The van der Waals surface area contributed by atoms with Crippen LogP contribution in [0.15, 0.2) is 18.2 Å². The smallest absolute Gasteiger partial charge is 0.165 e. The second-order valence-electron chi connectivity index (χ2n) is 3.68. The Morgan fingerprint density at radius 1 is 1.44 bits per heavy atom. The number of halogens is 2. The molecule has 0 aliphatic carbocycles. The molecule has 1 aromatic carbocycles. The summed E-state index contributed by atoms with van der Waals surface area (Å²) >= 11 is 0. The van der Waals surface area contributed by atoms with Crippen molar-refractivity contribution in [1.29, 1.82) is 0 Å². The van der Waals surface area contributed by atoms with Gasteiger partial charge in [-0.2, -0.15) is 0 Å². The molecule has 1 aromatic rings. The highest BCUT2D eigenvalue weighted by atomic mass is 19.1. The fourth-order valence-corrected chi connectivity index (χ4v) is 1.40. The number of ketones is 1. The molecule has 0 spiro atoms. The lowest BCUT2D eigenvalue weighted by Gasteiger charge is -2.08. The van der Waals surface area contributed by atoms with E-state index in [1.807, 2.05) is 6.92 Å². The summed E-state index contributed by atoms with van der Waals surface area (Å²) in [5, 5.41) is 9.38. The van der Waals surface area contributed by atoms with Crippen molar-refractivity contribution in [3.63, 3.8) is 0 Å². The molecule has 0 aliphatic heterocycles. The summed E-state index contributed by atoms with van der Waals surface area (Å²) in [6, 6.07) is 3.05. The third kappa shape index (κ3) is 3.38. The average Bonchev–Trinajstić information content (AvgIpc) is 2.22. The first-order valence-corrected chi connectivity index (χ1v) is 5.19. The lowest BCUT2D eigenvalue weighted by molar-refractivity contribution is -0.126. The van der Waals surface area contributed by atoms with E-state index in [2.05, 4.69) is 0 Å². The van der Waals surface area contributed by atoms with Gasteiger partial charge in [-0.1, -0.05) is 19.4 Å². The minimum Gasteiger partial charge on any atom is -0.385 e. The number of aliphatic hydroxyl groups is 1. The lowest BCUT2D eigenvalue weighted by Crippen LogP contribution is -2.22. The van der Waals surface area contributed by atoms with Crippen LogP contribution in [0.3, 0.4) is 0 Å². The molecule has 0 aliphatic rings. The van der Waals surface area contributed by atoms with Crippen LogP contribution in [0.2, 0.25) is 0 Å². The Labute approximate surface area is 92.9 Å². The summed E-state index contributed by atoms with van der Waals surface area (Å²) in [5.74, 6) is -1.87. The average molecular weight is 228 g/mol. The Morgan fingerprint density at radius 2 is 2.12 bits per heavy atom. The van der Waals surface area contributed by atoms with Gasteiger partial charge < -0.3 is 5.11 Å². The summed E-state index contributed by atoms with van der Waals surface area (Å²) in [4.78, 5) is 11.4. The molecule has 0 radical (unpaired) electrons. The van der Waals surface area contributed by atoms with E-state index in [1.54, 1.807) is 0 Å². The van der Waals surface area contributed by atoms with Gasteiger partial charge >= 0.3 is 0 Å². The SMILES string of the molecule is CCCC(O)C(=O)Cc1ccc(F)cc1F. The molecular weight excluding hydrogens is 214 g/mol. The Kier molecular flexibility index (Phi) is 4.55.